The standard InChI is InChI=1S/C31H35N3O5.ClH/c1-37-27-17-23(18-28(38-2)30(27)39-3)31(36)32-24-14-13-22-12-11-21-9-5-6-10-25(21)34(26(22)19-24)29(35)20-33-15-7-4-8-16-33;/h5-6,9-10,13-14,17-19H,4,7-8,11-12,15-16,20H2,1-3H3,(H,32,36);1H. The lowest BCUT2D eigenvalue weighted by atomic mass is 10.0. The Labute approximate surface area is 241 Å². The van der Waals surface area contributed by atoms with E-state index < -0.39 is 0 Å². The summed E-state index contributed by atoms with van der Waals surface area (Å²) in [5, 5.41) is 2.99. The maximum atomic E-state index is 13.9. The highest BCUT2D eigenvalue weighted by Crippen LogP contribution is 2.40. The number of anilines is 3. The van der Waals surface area contributed by atoms with Crippen LogP contribution in [-0.4, -0.2) is 57.7 Å². The van der Waals surface area contributed by atoms with Crippen LogP contribution in [0.1, 0.15) is 40.7 Å². The molecule has 0 aliphatic carbocycles. The van der Waals surface area contributed by atoms with Crippen molar-refractivity contribution < 1.29 is 23.8 Å². The van der Waals surface area contributed by atoms with Crippen molar-refractivity contribution in [3.63, 3.8) is 0 Å². The third-order valence-corrected chi connectivity index (χ3v) is 7.46. The number of methoxy groups -OCH3 is 3. The zero-order chi connectivity index (χ0) is 27.4. The minimum absolute atomic E-state index is 0. The predicted molar refractivity (Wildman–Crippen MR) is 159 cm³/mol. The summed E-state index contributed by atoms with van der Waals surface area (Å²) in [6.45, 7) is 2.26. The number of amides is 2. The zero-order valence-electron chi connectivity index (χ0n) is 23.2. The van der Waals surface area contributed by atoms with Crippen LogP contribution < -0.4 is 24.4 Å². The van der Waals surface area contributed by atoms with Crippen LogP contribution in [0.3, 0.4) is 0 Å². The quantitative estimate of drug-likeness (QED) is 0.399. The maximum absolute atomic E-state index is 13.9. The molecule has 0 spiro atoms. The minimum atomic E-state index is -0.325. The number of nitrogens with zero attached hydrogens (tertiary/aromatic N) is 2. The lowest BCUT2D eigenvalue weighted by molar-refractivity contribution is -0.119. The van der Waals surface area contributed by atoms with Crippen molar-refractivity contribution >= 4 is 41.3 Å². The van der Waals surface area contributed by atoms with E-state index in [1.807, 2.05) is 41.3 Å². The van der Waals surface area contributed by atoms with E-state index in [0.29, 0.717) is 35.0 Å². The topological polar surface area (TPSA) is 80.3 Å². The van der Waals surface area contributed by atoms with E-state index in [9.17, 15) is 9.59 Å². The molecule has 0 aromatic heterocycles. The number of carbonyl (C=O) groups is 2. The predicted octanol–water partition coefficient (Wildman–Crippen LogP) is 5.64. The number of fused-ring (bicyclic) bond motifs is 2. The van der Waals surface area contributed by atoms with Gasteiger partial charge in [0, 0.05) is 11.3 Å². The van der Waals surface area contributed by atoms with Crippen molar-refractivity contribution in [2.45, 2.75) is 32.1 Å². The van der Waals surface area contributed by atoms with E-state index in [4.69, 9.17) is 14.2 Å². The van der Waals surface area contributed by atoms with Crippen molar-refractivity contribution in [2.75, 3.05) is 51.2 Å². The summed E-state index contributed by atoms with van der Waals surface area (Å²) in [6, 6.07) is 17.1. The van der Waals surface area contributed by atoms with Gasteiger partial charge in [0.1, 0.15) is 0 Å². The lowest BCUT2D eigenvalue weighted by Gasteiger charge is -2.30. The highest BCUT2D eigenvalue weighted by Gasteiger charge is 2.28. The summed E-state index contributed by atoms with van der Waals surface area (Å²) < 4.78 is 16.2. The van der Waals surface area contributed by atoms with Crippen molar-refractivity contribution in [3.05, 3.63) is 71.3 Å². The number of carbonyl (C=O) groups excluding carboxylic acids is 2. The van der Waals surface area contributed by atoms with Crippen LogP contribution in [0.4, 0.5) is 17.1 Å². The van der Waals surface area contributed by atoms with E-state index >= 15 is 0 Å². The highest BCUT2D eigenvalue weighted by molar-refractivity contribution is 6.07. The number of halogens is 1. The van der Waals surface area contributed by atoms with Crippen molar-refractivity contribution in [2.24, 2.45) is 0 Å². The van der Waals surface area contributed by atoms with E-state index in [0.717, 1.165) is 61.3 Å². The SMILES string of the molecule is COc1cc(C(=O)Nc2ccc3c(c2)N(C(=O)CN2CCCCC2)c2ccccc2CC3)cc(OC)c1OC.Cl. The molecule has 0 radical (unpaired) electrons. The van der Waals surface area contributed by atoms with E-state index in [1.54, 1.807) is 12.1 Å². The average molecular weight is 566 g/mol. The molecular weight excluding hydrogens is 530 g/mol. The number of piperidine rings is 1. The first kappa shape index (κ1) is 29.2. The first-order valence-electron chi connectivity index (χ1n) is 13.4. The van der Waals surface area contributed by atoms with Gasteiger partial charge in [-0.3, -0.25) is 19.4 Å². The minimum Gasteiger partial charge on any atom is -0.493 e. The largest absolute Gasteiger partial charge is 0.493 e. The van der Waals surface area contributed by atoms with E-state index in [-0.39, 0.29) is 24.2 Å². The molecule has 5 rings (SSSR count). The summed E-state index contributed by atoms with van der Waals surface area (Å²) >= 11 is 0. The molecule has 3 aromatic rings. The molecule has 2 aliphatic rings. The van der Waals surface area contributed by atoms with E-state index in [1.165, 1.54) is 27.8 Å². The Morgan fingerprint density at radius 3 is 2.10 bits per heavy atom. The van der Waals surface area contributed by atoms with Crippen LogP contribution >= 0.6 is 12.4 Å². The first-order valence-corrected chi connectivity index (χ1v) is 13.4. The molecule has 1 saturated heterocycles. The molecule has 2 amide bonds. The lowest BCUT2D eigenvalue weighted by Crippen LogP contribution is -2.40. The Balaban J connectivity index is 0.00000370. The third-order valence-electron chi connectivity index (χ3n) is 7.46. The molecule has 8 nitrogen and oxygen atoms in total. The molecule has 0 unspecified atom stereocenters. The van der Waals surface area contributed by atoms with Gasteiger partial charge in [-0.1, -0.05) is 30.7 Å². The molecule has 0 saturated carbocycles. The first-order chi connectivity index (χ1) is 19.0. The molecule has 2 heterocycles. The van der Waals surface area contributed by atoms with Crippen molar-refractivity contribution in [3.8, 4) is 17.2 Å². The molecule has 9 heteroatoms. The summed E-state index contributed by atoms with van der Waals surface area (Å²) in [7, 11) is 4.55. The summed E-state index contributed by atoms with van der Waals surface area (Å²) in [4.78, 5) is 31.3. The van der Waals surface area contributed by atoms with Gasteiger partial charge in [0.25, 0.3) is 5.91 Å². The Bertz CT molecular complexity index is 1350. The number of likely N-dealkylation sites (tertiary alicyclic amines) is 1. The van der Waals surface area contributed by atoms with Crippen LogP contribution in [0.25, 0.3) is 0 Å². The van der Waals surface area contributed by atoms with E-state index in [2.05, 4.69) is 16.3 Å². The summed E-state index contributed by atoms with van der Waals surface area (Å²) in [6.07, 6.45) is 5.11. The number of rotatable bonds is 7. The molecule has 1 fully saturated rings. The second-order valence-corrected chi connectivity index (χ2v) is 9.91. The Morgan fingerprint density at radius 1 is 0.800 bits per heavy atom. The number of benzene rings is 3. The second-order valence-electron chi connectivity index (χ2n) is 9.91. The Kier molecular flexibility index (Phi) is 9.55. The van der Waals surface area contributed by atoms with Gasteiger partial charge in [-0.2, -0.15) is 0 Å². The van der Waals surface area contributed by atoms with Gasteiger partial charge in [-0.25, -0.2) is 0 Å². The maximum Gasteiger partial charge on any atom is 0.255 e. The van der Waals surface area contributed by atoms with Gasteiger partial charge in [0.2, 0.25) is 11.7 Å². The molecule has 2 aliphatic heterocycles. The number of aryl methyl sites for hydroxylation is 2. The van der Waals surface area contributed by atoms with Crippen LogP contribution in [0, 0.1) is 0 Å². The fourth-order valence-electron chi connectivity index (χ4n) is 5.46. The highest BCUT2D eigenvalue weighted by atomic mass is 35.5. The smallest absolute Gasteiger partial charge is 0.255 e. The number of nitrogens with one attached hydrogen (secondary N) is 1. The van der Waals surface area contributed by atoms with Crippen molar-refractivity contribution in [1.82, 2.24) is 4.90 Å². The zero-order valence-corrected chi connectivity index (χ0v) is 24.0. The van der Waals surface area contributed by atoms with Crippen LogP contribution in [0.15, 0.2) is 54.6 Å². The summed E-state index contributed by atoms with van der Waals surface area (Å²) in [5.74, 6) is 0.933. The average Bonchev–Trinajstić information content (AvgIpc) is 3.13. The number of hydrogen-bond donors (Lipinski definition) is 1. The number of para-hydroxylation sites is 1. The van der Waals surface area contributed by atoms with Crippen LogP contribution in [-0.2, 0) is 17.6 Å². The monoisotopic (exact) mass is 565 g/mol. The molecule has 3 aromatic carbocycles. The Morgan fingerprint density at radius 2 is 1.45 bits per heavy atom. The van der Waals surface area contributed by atoms with Crippen LogP contribution in [0.5, 0.6) is 17.2 Å². The second kappa shape index (κ2) is 13.1. The number of hydrogen-bond acceptors (Lipinski definition) is 6. The number of ether oxygens (including phenoxy) is 3. The van der Waals surface area contributed by atoms with Crippen molar-refractivity contribution in [1.29, 1.82) is 0 Å². The van der Waals surface area contributed by atoms with Crippen LogP contribution in [0.2, 0.25) is 0 Å². The van der Waals surface area contributed by atoms with Gasteiger partial charge in [0.05, 0.1) is 39.2 Å². The fraction of sp³-hybridized carbons (Fsp3) is 0.355. The molecule has 0 atom stereocenters. The Hall–Kier alpha value is -3.75. The molecular formula is C31H36ClN3O5. The molecule has 40 heavy (non-hydrogen) atoms. The normalized spacial score (nSPS) is 14.6. The van der Waals surface area contributed by atoms with Gasteiger partial charge in [0.15, 0.2) is 11.5 Å². The van der Waals surface area contributed by atoms with Gasteiger partial charge >= 0.3 is 0 Å². The van der Waals surface area contributed by atoms with Gasteiger partial charge < -0.3 is 19.5 Å². The summed E-state index contributed by atoms with van der Waals surface area (Å²) in [5.41, 5.74) is 4.90. The van der Waals surface area contributed by atoms with Gasteiger partial charge in [-0.15, -0.1) is 12.4 Å². The fourth-order valence-corrected chi connectivity index (χ4v) is 5.46. The molecule has 212 valence electrons. The third kappa shape index (κ3) is 6.03. The molecule has 1 N–H and O–H groups in total. The molecule has 0 bridgehead atoms. The van der Waals surface area contributed by atoms with Gasteiger partial charge in [-0.05, 0) is 80.2 Å².